The Labute approximate surface area is 165 Å². The van der Waals surface area contributed by atoms with Crippen LogP contribution in [-0.4, -0.2) is 30.1 Å². The summed E-state index contributed by atoms with van der Waals surface area (Å²) in [5.41, 5.74) is 3.32. The molecule has 0 radical (unpaired) electrons. The molecule has 8 nitrogen and oxygen atoms in total. The average Bonchev–Trinajstić information content (AvgIpc) is 3.32. The minimum absolute atomic E-state index is 0.122. The molecule has 0 bridgehead atoms. The Morgan fingerprint density at radius 2 is 2.00 bits per heavy atom. The SMILES string of the molecule is Cc1[nH]ncc1-c1cnn(Cc2nc(CCc3ccc(Cl)cc3)no2)c(=O)c1. The van der Waals surface area contributed by atoms with Crippen LogP contribution in [0.1, 0.15) is 23.0 Å². The van der Waals surface area contributed by atoms with Gasteiger partial charge in [-0.05, 0) is 31.0 Å². The van der Waals surface area contributed by atoms with Gasteiger partial charge < -0.3 is 4.52 Å². The molecule has 0 saturated carbocycles. The van der Waals surface area contributed by atoms with Crippen molar-refractivity contribution in [3.8, 4) is 11.1 Å². The second-order valence-corrected chi connectivity index (χ2v) is 6.82. The molecule has 0 fully saturated rings. The lowest BCUT2D eigenvalue weighted by atomic mass is 10.1. The number of benzene rings is 1. The summed E-state index contributed by atoms with van der Waals surface area (Å²) >= 11 is 5.89. The maximum atomic E-state index is 12.4. The molecule has 0 aliphatic heterocycles. The third-order valence-electron chi connectivity index (χ3n) is 4.36. The van der Waals surface area contributed by atoms with Gasteiger partial charge in [0, 0.05) is 34.3 Å². The number of hydrogen-bond donors (Lipinski definition) is 1. The molecule has 4 aromatic rings. The van der Waals surface area contributed by atoms with Crippen LogP contribution in [0.2, 0.25) is 5.02 Å². The molecule has 3 aromatic heterocycles. The van der Waals surface area contributed by atoms with Gasteiger partial charge in [0.1, 0.15) is 6.54 Å². The van der Waals surface area contributed by atoms with Crippen molar-refractivity contribution >= 4 is 11.6 Å². The molecule has 9 heteroatoms. The van der Waals surface area contributed by atoms with Crippen LogP contribution in [-0.2, 0) is 19.4 Å². The Hall–Kier alpha value is -3.26. The van der Waals surface area contributed by atoms with E-state index >= 15 is 0 Å². The topological polar surface area (TPSA) is 102 Å². The lowest BCUT2D eigenvalue weighted by molar-refractivity contribution is 0.358. The van der Waals surface area contributed by atoms with E-state index < -0.39 is 0 Å². The van der Waals surface area contributed by atoms with Crippen molar-refractivity contribution in [1.82, 2.24) is 30.1 Å². The van der Waals surface area contributed by atoms with E-state index in [2.05, 4.69) is 25.4 Å². The van der Waals surface area contributed by atoms with Crippen LogP contribution in [0.15, 0.2) is 52.0 Å². The fourth-order valence-corrected chi connectivity index (χ4v) is 2.96. The van der Waals surface area contributed by atoms with E-state index in [-0.39, 0.29) is 12.1 Å². The highest BCUT2D eigenvalue weighted by atomic mass is 35.5. The predicted octanol–water partition coefficient (Wildman–Crippen LogP) is 2.81. The number of nitrogens with one attached hydrogen (secondary N) is 1. The maximum absolute atomic E-state index is 12.4. The Morgan fingerprint density at radius 3 is 2.71 bits per heavy atom. The first-order valence-electron chi connectivity index (χ1n) is 8.72. The molecule has 0 atom stereocenters. The largest absolute Gasteiger partial charge is 0.337 e. The molecule has 0 spiro atoms. The van der Waals surface area contributed by atoms with E-state index in [0.29, 0.717) is 28.7 Å². The number of rotatable bonds is 6. The second kappa shape index (κ2) is 7.77. The molecule has 0 amide bonds. The van der Waals surface area contributed by atoms with Gasteiger partial charge in [-0.15, -0.1) is 0 Å². The molecule has 142 valence electrons. The van der Waals surface area contributed by atoms with Crippen molar-refractivity contribution in [3.63, 3.8) is 0 Å². The van der Waals surface area contributed by atoms with E-state index in [4.69, 9.17) is 16.1 Å². The third-order valence-corrected chi connectivity index (χ3v) is 4.61. The lowest BCUT2D eigenvalue weighted by Gasteiger charge is -2.03. The van der Waals surface area contributed by atoms with Crippen molar-refractivity contribution in [1.29, 1.82) is 0 Å². The molecule has 0 saturated heterocycles. The molecule has 0 aliphatic rings. The summed E-state index contributed by atoms with van der Waals surface area (Å²) in [5.74, 6) is 0.927. The normalized spacial score (nSPS) is 11.1. The zero-order chi connectivity index (χ0) is 19.5. The van der Waals surface area contributed by atoms with Gasteiger partial charge in [0.05, 0.1) is 12.4 Å². The maximum Gasteiger partial charge on any atom is 0.267 e. The first-order valence-corrected chi connectivity index (χ1v) is 9.10. The van der Waals surface area contributed by atoms with Crippen molar-refractivity contribution < 1.29 is 4.52 Å². The van der Waals surface area contributed by atoms with Crippen LogP contribution in [0.4, 0.5) is 0 Å². The van der Waals surface area contributed by atoms with E-state index in [0.717, 1.165) is 23.2 Å². The minimum atomic E-state index is -0.251. The lowest BCUT2D eigenvalue weighted by Crippen LogP contribution is -2.22. The Kier molecular flexibility index (Phi) is 5.03. The molecule has 1 aromatic carbocycles. The van der Waals surface area contributed by atoms with Crippen molar-refractivity contribution in [2.75, 3.05) is 0 Å². The predicted molar refractivity (Wildman–Crippen MR) is 103 cm³/mol. The van der Waals surface area contributed by atoms with Crippen LogP contribution in [0.5, 0.6) is 0 Å². The third kappa shape index (κ3) is 4.01. The van der Waals surface area contributed by atoms with Gasteiger partial charge in [-0.25, -0.2) is 4.68 Å². The Bertz CT molecular complexity index is 1150. The Morgan fingerprint density at radius 1 is 1.18 bits per heavy atom. The first kappa shape index (κ1) is 18.1. The van der Waals surface area contributed by atoms with Crippen molar-refractivity contribution in [2.45, 2.75) is 26.3 Å². The van der Waals surface area contributed by atoms with Crippen LogP contribution in [0, 0.1) is 6.92 Å². The second-order valence-electron chi connectivity index (χ2n) is 6.38. The highest BCUT2D eigenvalue weighted by Crippen LogP contribution is 2.18. The van der Waals surface area contributed by atoms with E-state index in [1.807, 2.05) is 31.2 Å². The summed E-state index contributed by atoms with van der Waals surface area (Å²) in [5, 5.41) is 15.7. The molecule has 0 unspecified atom stereocenters. The summed E-state index contributed by atoms with van der Waals surface area (Å²) in [6, 6.07) is 9.16. The summed E-state index contributed by atoms with van der Waals surface area (Å²) < 4.78 is 6.54. The van der Waals surface area contributed by atoms with E-state index in [1.165, 1.54) is 10.7 Å². The zero-order valence-corrected chi connectivity index (χ0v) is 15.8. The molecule has 3 heterocycles. The fourth-order valence-electron chi connectivity index (χ4n) is 2.83. The number of hydrogen-bond acceptors (Lipinski definition) is 6. The highest BCUT2D eigenvalue weighted by molar-refractivity contribution is 6.30. The summed E-state index contributed by atoms with van der Waals surface area (Å²) in [7, 11) is 0. The standard InChI is InChI=1S/C19H17ClN6O2/c1-12-16(10-21-24-12)14-8-19(27)26(22-9-14)11-18-23-17(25-28-18)7-4-13-2-5-15(20)6-3-13/h2-3,5-6,8-10H,4,7,11H2,1H3,(H,21,24). The number of aromatic amines is 1. The van der Waals surface area contributed by atoms with Gasteiger partial charge in [0.2, 0.25) is 5.89 Å². The molecular formula is C19H17ClN6O2. The molecule has 0 aliphatic carbocycles. The monoisotopic (exact) mass is 396 g/mol. The summed E-state index contributed by atoms with van der Waals surface area (Å²) in [6.45, 7) is 2.01. The summed E-state index contributed by atoms with van der Waals surface area (Å²) in [4.78, 5) is 16.7. The molecule has 1 N–H and O–H groups in total. The number of aromatic nitrogens is 6. The van der Waals surface area contributed by atoms with Gasteiger partial charge in [0.25, 0.3) is 5.56 Å². The number of nitrogens with zero attached hydrogens (tertiary/aromatic N) is 5. The molecule has 28 heavy (non-hydrogen) atoms. The van der Waals surface area contributed by atoms with Crippen LogP contribution >= 0.6 is 11.6 Å². The minimum Gasteiger partial charge on any atom is -0.337 e. The Balaban J connectivity index is 1.43. The number of H-pyrrole nitrogens is 1. The van der Waals surface area contributed by atoms with E-state index in [9.17, 15) is 4.79 Å². The highest BCUT2D eigenvalue weighted by Gasteiger charge is 2.11. The van der Waals surface area contributed by atoms with Crippen LogP contribution in [0.25, 0.3) is 11.1 Å². The van der Waals surface area contributed by atoms with Gasteiger partial charge in [0.15, 0.2) is 5.82 Å². The van der Waals surface area contributed by atoms with E-state index in [1.54, 1.807) is 12.4 Å². The summed E-state index contributed by atoms with van der Waals surface area (Å²) in [6.07, 6.45) is 4.69. The molecular weight excluding hydrogens is 380 g/mol. The van der Waals surface area contributed by atoms with Crippen LogP contribution < -0.4 is 5.56 Å². The number of halogens is 1. The smallest absolute Gasteiger partial charge is 0.267 e. The molecule has 4 rings (SSSR count). The van der Waals surface area contributed by atoms with Gasteiger partial charge in [-0.3, -0.25) is 9.89 Å². The zero-order valence-electron chi connectivity index (χ0n) is 15.1. The fraction of sp³-hybridized carbons (Fsp3) is 0.211. The average molecular weight is 397 g/mol. The van der Waals surface area contributed by atoms with Crippen molar-refractivity contribution in [3.05, 3.63) is 81.1 Å². The quantitative estimate of drug-likeness (QED) is 0.537. The van der Waals surface area contributed by atoms with Crippen LogP contribution in [0.3, 0.4) is 0 Å². The first-order chi connectivity index (χ1) is 13.6. The van der Waals surface area contributed by atoms with Gasteiger partial charge in [-0.1, -0.05) is 28.9 Å². The number of aryl methyl sites for hydroxylation is 3. The van der Waals surface area contributed by atoms with Gasteiger partial charge in [-0.2, -0.15) is 15.2 Å². The van der Waals surface area contributed by atoms with Gasteiger partial charge >= 0.3 is 0 Å². The van der Waals surface area contributed by atoms with Crippen molar-refractivity contribution in [2.24, 2.45) is 0 Å².